The number of hydrogen-bond donors (Lipinski definition) is 1. The van der Waals surface area contributed by atoms with Crippen LogP contribution >= 0.6 is 12.2 Å². The molecule has 14 heavy (non-hydrogen) atoms. The van der Waals surface area contributed by atoms with Crippen molar-refractivity contribution < 1.29 is 8.42 Å². The van der Waals surface area contributed by atoms with Crippen LogP contribution in [0.25, 0.3) is 0 Å². The highest BCUT2D eigenvalue weighted by molar-refractivity contribution is 7.96. The molecule has 77 valence electrons. The van der Waals surface area contributed by atoms with E-state index < -0.39 is 10.0 Å². The number of nitrogens with one attached hydrogen (secondary N) is 1. The first-order valence-electron chi connectivity index (χ1n) is 4.25. The Labute approximate surface area is 89.9 Å². The highest BCUT2D eigenvalue weighted by Gasteiger charge is 2.20. The van der Waals surface area contributed by atoms with Gasteiger partial charge in [-0.3, -0.25) is 0 Å². The maximum atomic E-state index is 11.6. The fourth-order valence-corrected chi connectivity index (χ4v) is 2.71. The summed E-state index contributed by atoms with van der Waals surface area (Å²) >= 11 is 4.98. The minimum atomic E-state index is -3.41. The fraction of sp³-hybridized carbons (Fsp3) is 0.333. The minimum absolute atomic E-state index is 0.219. The van der Waals surface area contributed by atoms with E-state index in [9.17, 15) is 8.42 Å². The first-order chi connectivity index (χ1) is 6.58. The third-order valence-electron chi connectivity index (χ3n) is 1.73. The second-order valence-electron chi connectivity index (χ2n) is 2.85. The topological polar surface area (TPSA) is 46.2 Å². The summed E-state index contributed by atoms with van der Waals surface area (Å²) < 4.78 is 25.7. The van der Waals surface area contributed by atoms with Crippen LogP contribution in [0.15, 0.2) is 23.1 Å². The molecule has 1 aliphatic rings. The molecular weight excluding hydrogens is 218 g/mol. The third kappa shape index (κ3) is 2.73. The van der Waals surface area contributed by atoms with Gasteiger partial charge < -0.3 is 0 Å². The van der Waals surface area contributed by atoms with E-state index in [0.717, 1.165) is 0 Å². The van der Waals surface area contributed by atoms with Gasteiger partial charge in [0.15, 0.2) is 0 Å². The van der Waals surface area contributed by atoms with Crippen LogP contribution in [0.1, 0.15) is 13.3 Å². The Morgan fingerprint density at radius 2 is 2.36 bits per heavy atom. The van der Waals surface area contributed by atoms with Crippen LogP contribution in [0.4, 0.5) is 0 Å². The number of allylic oxidation sites excluding steroid dienone is 4. The van der Waals surface area contributed by atoms with Crippen LogP contribution in [0, 0.1) is 6.42 Å². The molecule has 0 unspecified atom stereocenters. The van der Waals surface area contributed by atoms with Gasteiger partial charge in [0.25, 0.3) is 0 Å². The van der Waals surface area contributed by atoms with Crippen LogP contribution in [-0.2, 0) is 10.0 Å². The Balaban J connectivity index is 2.86. The molecule has 0 amide bonds. The molecule has 0 aromatic heterocycles. The van der Waals surface area contributed by atoms with Gasteiger partial charge in [0.05, 0.1) is 4.91 Å². The first-order valence-corrected chi connectivity index (χ1v) is 6.14. The van der Waals surface area contributed by atoms with E-state index in [2.05, 4.69) is 4.72 Å². The highest BCUT2D eigenvalue weighted by Crippen LogP contribution is 2.15. The summed E-state index contributed by atoms with van der Waals surface area (Å²) in [7, 11) is -3.41. The summed E-state index contributed by atoms with van der Waals surface area (Å²) in [6, 6.07) is 0. The zero-order chi connectivity index (χ0) is 10.6. The van der Waals surface area contributed by atoms with Gasteiger partial charge in [0, 0.05) is 17.8 Å². The Hall–Kier alpha value is -0.520. The van der Waals surface area contributed by atoms with Crippen molar-refractivity contribution in [3.8, 4) is 0 Å². The van der Waals surface area contributed by atoms with Crippen molar-refractivity contribution in [1.29, 1.82) is 0 Å². The normalized spacial score (nSPS) is 16.9. The smallest absolute Gasteiger partial charge is 0.211 e. The molecular formula is C9H12NO2S2. The Bertz CT molecular complexity index is 380. The maximum Gasteiger partial charge on any atom is 0.241 e. The van der Waals surface area contributed by atoms with Crippen LogP contribution in [-0.4, -0.2) is 19.8 Å². The predicted molar refractivity (Wildman–Crippen MR) is 61.3 cm³/mol. The van der Waals surface area contributed by atoms with Crippen molar-refractivity contribution >= 4 is 27.1 Å². The summed E-state index contributed by atoms with van der Waals surface area (Å²) in [5.74, 6) is 0. The summed E-state index contributed by atoms with van der Waals surface area (Å²) in [5, 5.41) is 0. The summed E-state index contributed by atoms with van der Waals surface area (Å²) in [6.45, 7) is 2.11. The van der Waals surface area contributed by atoms with E-state index in [4.69, 9.17) is 12.2 Å². The quantitative estimate of drug-likeness (QED) is 0.741. The largest absolute Gasteiger partial charge is 0.241 e. The van der Waals surface area contributed by atoms with E-state index in [-0.39, 0.29) is 4.91 Å². The van der Waals surface area contributed by atoms with Crippen molar-refractivity contribution in [3.63, 3.8) is 0 Å². The fourth-order valence-electron chi connectivity index (χ4n) is 1.03. The molecule has 1 rings (SSSR count). The predicted octanol–water partition coefficient (Wildman–Crippen LogP) is 1.34. The number of rotatable bonds is 4. The molecule has 1 N–H and O–H groups in total. The molecule has 0 saturated heterocycles. The van der Waals surface area contributed by atoms with Crippen molar-refractivity contribution in [2.24, 2.45) is 0 Å². The lowest BCUT2D eigenvalue weighted by Crippen LogP contribution is -2.29. The number of thiocarbonyl (C=S) groups is 1. The van der Waals surface area contributed by atoms with Crippen molar-refractivity contribution in [2.75, 3.05) is 6.54 Å². The maximum absolute atomic E-state index is 11.6. The summed E-state index contributed by atoms with van der Waals surface area (Å²) in [6.07, 6.45) is 7.34. The lowest BCUT2D eigenvalue weighted by Gasteiger charge is -2.11. The first kappa shape index (κ1) is 11.6. The Kier molecular flexibility index (Phi) is 3.97. The standard InChI is InChI=1S/C9H12NO2S2/c1-2-7-10-14(11,12)9-6-4-3-5-8(9)13/h2-4,6,10H,5,7H2,1H3. The molecule has 0 fully saturated rings. The van der Waals surface area contributed by atoms with Gasteiger partial charge in [0.2, 0.25) is 10.0 Å². The molecule has 5 heteroatoms. The Morgan fingerprint density at radius 3 is 2.93 bits per heavy atom. The van der Waals surface area contributed by atoms with Crippen LogP contribution in [0.5, 0.6) is 0 Å². The average molecular weight is 230 g/mol. The molecule has 3 nitrogen and oxygen atoms in total. The second-order valence-corrected chi connectivity index (χ2v) is 5.07. The summed E-state index contributed by atoms with van der Waals surface area (Å²) in [4.78, 5) is 0.688. The second kappa shape index (κ2) is 4.82. The van der Waals surface area contributed by atoms with Crippen LogP contribution in [0.2, 0.25) is 0 Å². The Morgan fingerprint density at radius 1 is 1.64 bits per heavy atom. The molecule has 0 bridgehead atoms. The monoisotopic (exact) mass is 230 g/mol. The van der Waals surface area contributed by atoms with Gasteiger partial charge in [-0.15, -0.1) is 0 Å². The zero-order valence-electron chi connectivity index (χ0n) is 7.86. The van der Waals surface area contributed by atoms with Crippen molar-refractivity contribution in [1.82, 2.24) is 4.72 Å². The van der Waals surface area contributed by atoms with Gasteiger partial charge in [-0.2, -0.15) is 0 Å². The molecule has 0 aromatic rings. The molecule has 0 aliphatic heterocycles. The molecule has 0 saturated carbocycles. The minimum Gasteiger partial charge on any atom is -0.211 e. The molecule has 1 aliphatic carbocycles. The molecule has 0 aromatic carbocycles. The SMILES string of the molecule is C[CH]CNS(=O)(=O)C1=CC=CCC1=S. The van der Waals surface area contributed by atoms with E-state index in [1.807, 2.05) is 6.08 Å². The zero-order valence-corrected chi connectivity index (χ0v) is 9.49. The van der Waals surface area contributed by atoms with Crippen molar-refractivity contribution in [3.05, 3.63) is 29.6 Å². The van der Waals surface area contributed by atoms with E-state index in [1.165, 1.54) is 6.08 Å². The lowest BCUT2D eigenvalue weighted by molar-refractivity contribution is 0.592. The number of sulfonamides is 1. The van der Waals surface area contributed by atoms with E-state index >= 15 is 0 Å². The molecule has 0 spiro atoms. The average Bonchev–Trinajstić information content (AvgIpc) is 2.15. The molecule has 1 radical (unpaired) electrons. The molecule has 0 atom stereocenters. The van der Waals surface area contributed by atoms with E-state index in [1.54, 1.807) is 19.4 Å². The van der Waals surface area contributed by atoms with Crippen molar-refractivity contribution in [2.45, 2.75) is 13.3 Å². The number of hydrogen-bond acceptors (Lipinski definition) is 3. The lowest BCUT2D eigenvalue weighted by atomic mass is 10.2. The van der Waals surface area contributed by atoms with Gasteiger partial charge >= 0.3 is 0 Å². The summed E-state index contributed by atoms with van der Waals surface area (Å²) in [5.41, 5.74) is 0. The van der Waals surface area contributed by atoms with Gasteiger partial charge in [-0.25, -0.2) is 13.1 Å². The van der Waals surface area contributed by atoms with Gasteiger partial charge in [0.1, 0.15) is 0 Å². The van der Waals surface area contributed by atoms with Crippen LogP contribution < -0.4 is 4.72 Å². The molecule has 0 heterocycles. The van der Waals surface area contributed by atoms with Gasteiger partial charge in [-0.05, 0) is 12.5 Å². The third-order valence-corrected chi connectivity index (χ3v) is 3.75. The van der Waals surface area contributed by atoms with Crippen LogP contribution in [0.3, 0.4) is 0 Å². The highest BCUT2D eigenvalue weighted by atomic mass is 32.2. The van der Waals surface area contributed by atoms with Gasteiger partial charge in [-0.1, -0.05) is 31.3 Å². The van der Waals surface area contributed by atoms with E-state index in [0.29, 0.717) is 17.8 Å².